The van der Waals surface area contributed by atoms with Crippen LogP contribution in [-0.2, 0) is 12.7 Å². The van der Waals surface area contributed by atoms with Crippen LogP contribution < -0.4 is 5.32 Å². The summed E-state index contributed by atoms with van der Waals surface area (Å²) in [5, 5.41) is 11.6. The molecule has 1 aromatic rings. The molecule has 0 amide bonds. The molecule has 0 saturated heterocycles. The van der Waals surface area contributed by atoms with Crippen molar-refractivity contribution in [3.63, 3.8) is 0 Å². The zero-order valence-corrected chi connectivity index (χ0v) is 11.7. The van der Waals surface area contributed by atoms with Crippen molar-refractivity contribution in [2.75, 3.05) is 19.4 Å². The summed E-state index contributed by atoms with van der Waals surface area (Å²) in [6, 6.07) is 4.38. The standard InChI is InChI=1S/C13H18F3NOS/c1-9(7-18)8-19-11-4-3-10(6-17-2)12(5-11)13(14,15)16/h3-5,9,17-18H,6-8H2,1-2H3. The van der Waals surface area contributed by atoms with Gasteiger partial charge in [-0.15, -0.1) is 11.8 Å². The largest absolute Gasteiger partial charge is 0.416 e. The molecule has 0 aliphatic heterocycles. The van der Waals surface area contributed by atoms with E-state index in [9.17, 15) is 13.2 Å². The number of rotatable bonds is 6. The van der Waals surface area contributed by atoms with Crippen molar-refractivity contribution in [1.82, 2.24) is 5.32 Å². The molecule has 0 spiro atoms. The molecule has 108 valence electrons. The third kappa shape index (κ3) is 5.04. The third-order valence-electron chi connectivity index (χ3n) is 2.60. The monoisotopic (exact) mass is 293 g/mol. The molecule has 1 atom stereocenters. The lowest BCUT2D eigenvalue weighted by atomic mass is 10.1. The topological polar surface area (TPSA) is 32.3 Å². The van der Waals surface area contributed by atoms with Gasteiger partial charge in [0.25, 0.3) is 0 Å². The van der Waals surface area contributed by atoms with Gasteiger partial charge in [0.2, 0.25) is 0 Å². The van der Waals surface area contributed by atoms with Gasteiger partial charge in [-0.25, -0.2) is 0 Å². The minimum atomic E-state index is -4.34. The molecule has 0 bridgehead atoms. The second-order valence-corrected chi connectivity index (χ2v) is 5.54. The zero-order valence-electron chi connectivity index (χ0n) is 10.9. The van der Waals surface area contributed by atoms with Gasteiger partial charge >= 0.3 is 6.18 Å². The fourth-order valence-corrected chi connectivity index (χ4v) is 2.49. The second-order valence-electron chi connectivity index (χ2n) is 4.45. The molecular weight excluding hydrogens is 275 g/mol. The van der Waals surface area contributed by atoms with Crippen molar-refractivity contribution in [3.05, 3.63) is 29.3 Å². The smallest absolute Gasteiger partial charge is 0.396 e. The Morgan fingerprint density at radius 1 is 1.37 bits per heavy atom. The van der Waals surface area contributed by atoms with Gasteiger partial charge in [-0.2, -0.15) is 13.2 Å². The van der Waals surface area contributed by atoms with Gasteiger partial charge in [-0.05, 0) is 30.7 Å². The van der Waals surface area contributed by atoms with Crippen LogP contribution in [0.15, 0.2) is 23.1 Å². The average Bonchev–Trinajstić information content (AvgIpc) is 2.36. The number of hydrogen-bond donors (Lipinski definition) is 2. The lowest BCUT2D eigenvalue weighted by Gasteiger charge is -2.15. The molecule has 19 heavy (non-hydrogen) atoms. The Labute approximate surface area is 115 Å². The van der Waals surface area contributed by atoms with E-state index in [0.29, 0.717) is 10.6 Å². The van der Waals surface area contributed by atoms with Gasteiger partial charge in [0.05, 0.1) is 5.56 Å². The van der Waals surface area contributed by atoms with E-state index in [4.69, 9.17) is 5.11 Å². The molecule has 2 N–H and O–H groups in total. The normalized spacial score (nSPS) is 13.6. The van der Waals surface area contributed by atoms with Crippen LogP contribution in [0.1, 0.15) is 18.1 Å². The Bertz CT molecular complexity index is 409. The maximum Gasteiger partial charge on any atom is 0.416 e. The molecule has 2 nitrogen and oxygen atoms in total. The van der Waals surface area contributed by atoms with E-state index in [1.54, 1.807) is 13.1 Å². The first-order valence-electron chi connectivity index (χ1n) is 5.96. The van der Waals surface area contributed by atoms with E-state index < -0.39 is 11.7 Å². The lowest BCUT2D eigenvalue weighted by Crippen LogP contribution is -2.14. The van der Waals surface area contributed by atoms with Crippen LogP contribution in [0.5, 0.6) is 0 Å². The molecule has 1 unspecified atom stereocenters. The third-order valence-corrected chi connectivity index (χ3v) is 3.92. The summed E-state index contributed by atoms with van der Waals surface area (Å²) in [4.78, 5) is 0.576. The van der Waals surface area contributed by atoms with Crippen molar-refractivity contribution in [2.45, 2.75) is 24.5 Å². The first-order valence-corrected chi connectivity index (χ1v) is 6.95. The molecule has 1 aromatic carbocycles. The number of halogens is 3. The Morgan fingerprint density at radius 2 is 2.05 bits per heavy atom. The van der Waals surface area contributed by atoms with Gasteiger partial charge < -0.3 is 10.4 Å². The Hall–Kier alpha value is -0.720. The SMILES string of the molecule is CNCc1ccc(SCC(C)CO)cc1C(F)(F)F. The van der Waals surface area contributed by atoms with E-state index in [1.165, 1.54) is 23.9 Å². The van der Waals surface area contributed by atoms with Crippen molar-refractivity contribution in [3.8, 4) is 0 Å². The van der Waals surface area contributed by atoms with E-state index in [2.05, 4.69) is 5.32 Å². The predicted molar refractivity (Wildman–Crippen MR) is 71.2 cm³/mol. The molecule has 6 heteroatoms. The number of aliphatic hydroxyl groups is 1. The van der Waals surface area contributed by atoms with Crippen LogP contribution >= 0.6 is 11.8 Å². The number of nitrogens with one attached hydrogen (secondary N) is 1. The van der Waals surface area contributed by atoms with E-state index in [1.807, 2.05) is 6.92 Å². The molecule has 0 heterocycles. The van der Waals surface area contributed by atoms with Gasteiger partial charge in [0, 0.05) is 23.8 Å². The zero-order chi connectivity index (χ0) is 14.5. The molecule has 0 aliphatic carbocycles. The highest BCUT2D eigenvalue weighted by Gasteiger charge is 2.33. The summed E-state index contributed by atoms with van der Waals surface area (Å²) in [6.07, 6.45) is -4.34. The van der Waals surface area contributed by atoms with Crippen LogP contribution in [0.3, 0.4) is 0 Å². The van der Waals surface area contributed by atoms with Gasteiger partial charge in [0.1, 0.15) is 0 Å². The Kier molecular flexibility index (Phi) is 6.16. The van der Waals surface area contributed by atoms with Crippen LogP contribution in [-0.4, -0.2) is 24.5 Å². The molecule has 0 aromatic heterocycles. The van der Waals surface area contributed by atoms with Crippen molar-refractivity contribution in [1.29, 1.82) is 0 Å². The summed E-state index contributed by atoms with van der Waals surface area (Å²) in [5.74, 6) is 0.662. The van der Waals surface area contributed by atoms with Crippen LogP contribution in [0, 0.1) is 5.92 Å². The van der Waals surface area contributed by atoms with Crippen molar-refractivity contribution >= 4 is 11.8 Å². The fourth-order valence-electron chi connectivity index (χ4n) is 1.55. The minimum absolute atomic E-state index is 0.0387. The summed E-state index contributed by atoms with van der Waals surface area (Å²) in [7, 11) is 1.62. The summed E-state index contributed by atoms with van der Waals surface area (Å²) < 4.78 is 38.8. The number of aliphatic hydroxyl groups excluding tert-OH is 1. The molecule has 0 saturated carbocycles. The lowest BCUT2D eigenvalue weighted by molar-refractivity contribution is -0.138. The first kappa shape index (κ1) is 16.3. The van der Waals surface area contributed by atoms with Crippen LogP contribution in [0.2, 0.25) is 0 Å². The predicted octanol–water partition coefficient (Wildman–Crippen LogP) is 3.15. The fraction of sp³-hybridized carbons (Fsp3) is 0.538. The molecular formula is C13H18F3NOS. The first-order chi connectivity index (χ1) is 8.88. The average molecular weight is 293 g/mol. The van der Waals surface area contributed by atoms with Gasteiger partial charge in [0.15, 0.2) is 0 Å². The summed E-state index contributed by atoms with van der Waals surface area (Å²) in [6.45, 7) is 2.08. The quantitative estimate of drug-likeness (QED) is 0.790. The van der Waals surface area contributed by atoms with Gasteiger partial charge in [-0.3, -0.25) is 0 Å². The Morgan fingerprint density at radius 3 is 2.58 bits per heavy atom. The van der Waals surface area contributed by atoms with Gasteiger partial charge in [-0.1, -0.05) is 13.0 Å². The van der Waals surface area contributed by atoms with Crippen molar-refractivity contribution < 1.29 is 18.3 Å². The number of benzene rings is 1. The van der Waals surface area contributed by atoms with E-state index in [0.717, 1.165) is 0 Å². The van der Waals surface area contributed by atoms with Crippen LogP contribution in [0.25, 0.3) is 0 Å². The number of alkyl halides is 3. The van der Waals surface area contributed by atoms with Crippen molar-refractivity contribution in [2.24, 2.45) is 5.92 Å². The van der Waals surface area contributed by atoms with Crippen LogP contribution in [0.4, 0.5) is 13.2 Å². The second kappa shape index (κ2) is 7.17. The molecule has 0 fully saturated rings. The maximum absolute atomic E-state index is 12.9. The molecule has 0 aliphatic rings. The Balaban J connectivity index is 2.92. The number of hydrogen-bond acceptors (Lipinski definition) is 3. The van der Waals surface area contributed by atoms with E-state index >= 15 is 0 Å². The summed E-state index contributed by atoms with van der Waals surface area (Å²) in [5.41, 5.74) is -0.349. The minimum Gasteiger partial charge on any atom is -0.396 e. The highest BCUT2D eigenvalue weighted by atomic mass is 32.2. The molecule has 0 radical (unpaired) electrons. The van der Waals surface area contributed by atoms with E-state index in [-0.39, 0.29) is 24.6 Å². The highest BCUT2D eigenvalue weighted by molar-refractivity contribution is 7.99. The number of thioether (sulfide) groups is 1. The maximum atomic E-state index is 12.9. The highest BCUT2D eigenvalue weighted by Crippen LogP contribution is 2.35. The summed E-state index contributed by atoms with van der Waals surface area (Å²) >= 11 is 1.33. The molecule has 1 rings (SSSR count).